The summed E-state index contributed by atoms with van der Waals surface area (Å²) in [6, 6.07) is 18.7. The fourth-order valence-corrected chi connectivity index (χ4v) is 2.67. The molecule has 3 aromatic rings. The van der Waals surface area contributed by atoms with Gasteiger partial charge in [0.1, 0.15) is 5.75 Å². The Bertz CT molecular complexity index is 1050. The van der Waals surface area contributed by atoms with Crippen LogP contribution in [-0.4, -0.2) is 24.3 Å². The first kappa shape index (κ1) is 20.6. The number of halogens is 2. The third kappa shape index (κ3) is 5.44. The van der Waals surface area contributed by atoms with Crippen LogP contribution in [0.25, 0.3) is 0 Å². The van der Waals surface area contributed by atoms with E-state index in [0.717, 1.165) is 0 Å². The van der Waals surface area contributed by atoms with Crippen molar-refractivity contribution in [1.29, 1.82) is 0 Å². The Balaban J connectivity index is 1.57. The molecule has 0 heterocycles. The molecular weight excluding hydrogens is 415 g/mol. The van der Waals surface area contributed by atoms with Gasteiger partial charge in [-0.15, -0.1) is 0 Å². The van der Waals surface area contributed by atoms with Gasteiger partial charge in [0, 0.05) is 5.56 Å². The van der Waals surface area contributed by atoms with Gasteiger partial charge in [0.2, 0.25) is 0 Å². The summed E-state index contributed by atoms with van der Waals surface area (Å²) in [5, 5.41) is 0.575. The van der Waals surface area contributed by atoms with Gasteiger partial charge < -0.3 is 9.47 Å². The van der Waals surface area contributed by atoms with Gasteiger partial charge >= 0.3 is 11.9 Å². The first-order valence-corrected chi connectivity index (χ1v) is 9.22. The van der Waals surface area contributed by atoms with Crippen LogP contribution in [0.15, 0.2) is 72.8 Å². The van der Waals surface area contributed by atoms with Crippen LogP contribution in [-0.2, 0) is 4.74 Å². The average Bonchev–Trinajstić information content (AvgIpc) is 2.74. The van der Waals surface area contributed by atoms with E-state index in [4.69, 9.17) is 32.7 Å². The van der Waals surface area contributed by atoms with E-state index in [0.29, 0.717) is 16.1 Å². The lowest BCUT2D eigenvalue weighted by Gasteiger charge is -2.07. The molecule has 0 radical (unpaired) electrons. The van der Waals surface area contributed by atoms with Crippen molar-refractivity contribution in [2.75, 3.05) is 6.61 Å². The van der Waals surface area contributed by atoms with E-state index in [2.05, 4.69) is 0 Å². The number of benzene rings is 3. The fraction of sp³-hybridized carbons (Fsp3) is 0.0455. The Kier molecular flexibility index (Phi) is 6.65. The van der Waals surface area contributed by atoms with E-state index in [-0.39, 0.29) is 22.1 Å². The molecule has 0 aromatic heterocycles. The van der Waals surface area contributed by atoms with Crippen molar-refractivity contribution in [1.82, 2.24) is 0 Å². The van der Waals surface area contributed by atoms with Gasteiger partial charge in [0.25, 0.3) is 0 Å². The maximum Gasteiger partial charge on any atom is 0.343 e. The molecule has 0 amide bonds. The monoisotopic (exact) mass is 428 g/mol. The molecule has 0 saturated carbocycles. The van der Waals surface area contributed by atoms with Gasteiger partial charge in [0.05, 0.1) is 21.2 Å². The SMILES string of the molecule is O=C(COC(=O)c1ccccc1)c1ccc(OC(=O)c2ccc(Cl)c(Cl)c2)cc1. The normalized spacial score (nSPS) is 10.3. The van der Waals surface area contributed by atoms with Crippen molar-refractivity contribution in [3.05, 3.63) is 99.5 Å². The molecule has 0 saturated heterocycles. The standard InChI is InChI=1S/C22H14Cl2O5/c23-18-11-8-16(12-19(18)24)22(27)29-17-9-6-14(7-10-17)20(25)13-28-21(26)15-4-2-1-3-5-15/h1-12H,13H2. The zero-order valence-corrected chi connectivity index (χ0v) is 16.4. The number of carbonyl (C=O) groups excluding carboxylic acids is 3. The lowest BCUT2D eigenvalue weighted by Crippen LogP contribution is -2.14. The molecule has 3 aromatic carbocycles. The van der Waals surface area contributed by atoms with Crippen molar-refractivity contribution in [2.45, 2.75) is 0 Å². The van der Waals surface area contributed by atoms with Crippen LogP contribution < -0.4 is 4.74 Å². The Morgan fingerprint density at radius 3 is 2.00 bits per heavy atom. The summed E-state index contributed by atoms with van der Waals surface area (Å²) in [7, 11) is 0. The van der Waals surface area contributed by atoms with Crippen LogP contribution in [0.3, 0.4) is 0 Å². The predicted molar refractivity (Wildman–Crippen MR) is 109 cm³/mol. The second kappa shape index (κ2) is 9.37. The number of rotatable bonds is 6. The molecule has 146 valence electrons. The molecule has 0 fully saturated rings. The molecule has 3 rings (SSSR count). The molecule has 0 N–H and O–H groups in total. The van der Waals surface area contributed by atoms with E-state index in [1.165, 1.54) is 42.5 Å². The van der Waals surface area contributed by atoms with Crippen LogP contribution in [0.4, 0.5) is 0 Å². The summed E-state index contributed by atoms with van der Waals surface area (Å²) in [4.78, 5) is 36.2. The Hall–Kier alpha value is -3.15. The summed E-state index contributed by atoms with van der Waals surface area (Å²) in [6.45, 7) is -0.393. The lowest BCUT2D eigenvalue weighted by atomic mass is 10.1. The summed E-state index contributed by atoms with van der Waals surface area (Å²) < 4.78 is 10.3. The Morgan fingerprint density at radius 2 is 1.34 bits per heavy atom. The summed E-state index contributed by atoms with van der Waals surface area (Å²) in [5.74, 6) is -1.32. The van der Waals surface area contributed by atoms with Crippen LogP contribution >= 0.6 is 23.2 Å². The minimum atomic E-state index is -0.612. The number of ketones is 1. The Morgan fingerprint density at radius 1 is 0.690 bits per heavy atom. The highest BCUT2D eigenvalue weighted by molar-refractivity contribution is 6.42. The van der Waals surface area contributed by atoms with Crippen LogP contribution in [0.1, 0.15) is 31.1 Å². The minimum absolute atomic E-state index is 0.243. The molecule has 0 aliphatic rings. The maximum absolute atomic E-state index is 12.2. The van der Waals surface area contributed by atoms with Crippen molar-refractivity contribution in [2.24, 2.45) is 0 Å². The first-order valence-electron chi connectivity index (χ1n) is 8.47. The highest BCUT2D eigenvalue weighted by Gasteiger charge is 2.13. The highest BCUT2D eigenvalue weighted by Crippen LogP contribution is 2.23. The van der Waals surface area contributed by atoms with E-state index in [1.54, 1.807) is 30.3 Å². The van der Waals surface area contributed by atoms with Gasteiger partial charge in [0.15, 0.2) is 12.4 Å². The van der Waals surface area contributed by atoms with Crippen LogP contribution in [0, 0.1) is 0 Å². The smallest absolute Gasteiger partial charge is 0.343 e. The van der Waals surface area contributed by atoms with Crippen molar-refractivity contribution in [3.8, 4) is 5.75 Å². The van der Waals surface area contributed by atoms with Gasteiger partial charge in [-0.1, -0.05) is 41.4 Å². The zero-order valence-electron chi connectivity index (χ0n) is 14.9. The van der Waals surface area contributed by atoms with Crippen LogP contribution in [0.2, 0.25) is 10.0 Å². The minimum Gasteiger partial charge on any atom is -0.454 e. The Labute approximate surface area is 176 Å². The van der Waals surface area contributed by atoms with Crippen LogP contribution in [0.5, 0.6) is 5.75 Å². The predicted octanol–water partition coefficient (Wildman–Crippen LogP) is 5.25. The summed E-state index contributed by atoms with van der Waals surface area (Å²) in [5.41, 5.74) is 0.928. The quantitative estimate of drug-likeness (QED) is 0.304. The topological polar surface area (TPSA) is 69.7 Å². The van der Waals surface area contributed by atoms with Crippen molar-refractivity contribution < 1.29 is 23.9 Å². The van der Waals surface area contributed by atoms with Crippen molar-refractivity contribution >= 4 is 40.9 Å². The summed E-state index contributed by atoms with van der Waals surface area (Å²) in [6.07, 6.45) is 0. The molecule has 7 heteroatoms. The average molecular weight is 429 g/mol. The third-order valence-corrected chi connectivity index (χ3v) is 4.63. The maximum atomic E-state index is 12.2. The number of carbonyl (C=O) groups is 3. The van der Waals surface area contributed by atoms with E-state index < -0.39 is 18.5 Å². The number of ether oxygens (including phenoxy) is 2. The van der Waals surface area contributed by atoms with Gasteiger partial charge in [-0.2, -0.15) is 0 Å². The van der Waals surface area contributed by atoms with E-state index in [9.17, 15) is 14.4 Å². The molecule has 5 nitrogen and oxygen atoms in total. The molecule has 29 heavy (non-hydrogen) atoms. The first-order chi connectivity index (χ1) is 13.9. The molecule has 0 aliphatic carbocycles. The second-order valence-electron chi connectivity index (χ2n) is 5.91. The number of esters is 2. The largest absolute Gasteiger partial charge is 0.454 e. The molecular formula is C22H14Cl2O5. The number of hydrogen-bond donors (Lipinski definition) is 0. The molecule has 0 aliphatic heterocycles. The van der Waals surface area contributed by atoms with E-state index in [1.807, 2.05) is 0 Å². The van der Waals surface area contributed by atoms with Gasteiger partial charge in [-0.05, 0) is 54.6 Å². The fourth-order valence-electron chi connectivity index (χ4n) is 2.37. The molecule has 0 unspecified atom stereocenters. The van der Waals surface area contributed by atoms with E-state index >= 15 is 0 Å². The third-order valence-electron chi connectivity index (χ3n) is 3.89. The second-order valence-corrected chi connectivity index (χ2v) is 6.72. The van der Waals surface area contributed by atoms with Crippen molar-refractivity contribution in [3.63, 3.8) is 0 Å². The number of Topliss-reactive ketones (excluding diaryl/α,β-unsaturated/α-hetero) is 1. The summed E-state index contributed by atoms with van der Waals surface area (Å²) >= 11 is 11.7. The molecule has 0 bridgehead atoms. The molecule has 0 spiro atoms. The lowest BCUT2D eigenvalue weighted by molar-refractivity contribution is 0.0474. The van der Waals surface area contributed by atoms with Gasteiger partial charge in [-0.3, -0.25) is 4.79 Å². The highest BCUT2D eigenvalue weighted by atomic mass is 35.5. The van der Waals surface area contributed by atoms with Gasteiger partial charge in [-0.25, -0.2) is 9.59 Å². The molecule has 0 atom stereocenters. The zero-order chi connectivity index (χ0) is 20.8. The number of hydrogen-bond acceptors (Lipinski definition) is 5.